The van der Waals surface area contributed by atoms with E-state index in [1.807, 2.05) is 39.5 Å². The molecule has 1 aliphatic heterocycles. The molecular weight excluding hydrogens is 196 g/mol. The maximum Gasteiger partial charge on any atom is 0.263 e. The Hall–Kier alpha value is -0.180. The van der Waals surface area contributed by atoms with Gasteiger partial charge in [0.05, 0.1) is 6.54 Å². The summed E-state index contributed by atoms with van der Waals surface area (Å²) < 4.78 is 27.7. The van der Waals surface area contributed by atoms with Crippen molar-refractivity contribution in [2.45, 2.75) is 52.5 Å². The third-order valence-electron chi connectivity index (χ3n) is 3.41. The Morgan fingerprint density at radius 1 is 1.27 bits per heavy atom. The lowest BCUT2D eigenvalue weighted by Gasteiger charge is -2.45. The van der Waals surface area contributed by atoms with E-state index >= 15 is 0 Å². The molecule has 1 heterocycles. The maximum absolute atomic E-state index is 13.9. The summed E-state index contributed by atoms with van der Waals surface area (Å²) in [6.07, 6.45) is 0.613. The van der Waals surface area contributed by atoms with E-state index in [2.05, 4.69) is 0 Å². The van der Waals surface area contributed by atoms with E-state index in [-0.39, 0.29) is 18.0 Å². The van der Waals surface area contributed by atoms with Crippen LogP contribution in [0.5, 0.6) is 0 Å². The molecule has 1 rings (SSSR count). The Kier molecular flexibility index (Phi) is 3.44. The van der Waals surface area contributed by atoms with E-state index in [1.54, 1.807) is 0 Å². The first-order chi connectivity index (χ1) is 6.64. The number of hydrogen-bond acceptors (Lipinski definition) is 1. The van der Waals surface area contributed by atoms with Gasteiger partial charge in [-0.25, -0.2) is 8.78 Å². The molecule has 1 fully saturated rings. The molecule has 0 spiro atoms. The SMILES string of the molecule is CC(C)C1CCN(C(C)(C)C)CC1(F)F. The van der Waals surface area contributed by atoms with Crippen molar-refractivity contribution in [2.75, 3.05) is 13.1 Å². The summed E-state index contributed by atoms with van der Waals surface area (Å²) in [5.74, 6) is -2.90. The highest BCUT2D eigenvalue weighted by Crippen LogP contribution is 2.39. The highest BCUT2D eigenvalue weighted by Gasteiger charge is 2.47. The molecular formula is C12H23F2N. The lowest BCUT2D eigenvalue weighted by molar-refractivity contribution is -0.140. The van der Waals surface area contributed by atoms with E-state index in [1.165, 1.54) is 0 Å². The fraction of sp³-hybridized carbons (Fsp3) is 1.00. The molecule has 0 bridgehead atoms. The summed E-state index contributed by atoms with van der Waals surface area (Å²) in [6.45, 7) is 10.5. The first-order valence-electron chi connectivity index (χ1n) is 5.77. The topological polar surface area (TPSA) is 3.24 Å². The van der Waals surface area contributed by atoms with Gasteiger partial charge < -0.3 is 0 Å². The number of piperidine rings is 1. The Balaban J connectivity index is 2.73. The van der Waals surface area contributed by atoms with E-state index in [0.29, 0.717) is 6.42 Å². The summed E-state index contributed by atoms with van der Waals surface area (Å²) in [5, 5.41) is 0. The van der Waals surface area contributed by atoms with Gasteiger partial charge in [-0.1, -0.05) is 13.8 Å². The Bertz CT molecular complexity index is 218. The minimum Gasteiger partial charge on any atom is -0.293 e. The monoisotopic (exact) mass is 219 g/mol. The van der Waals surface area contributed by atoms with Gasteiger partial charge in [-0.3, -0.25) is 4.90 Å². The molecule has 1 atom stereocenters. The second-order valence-electron chi connectivity index (χ2n) is 5.99. The molecule has 0 N–H and O–H groups in total. The average molecular weight is 219 g/mol. The first kappa shape index (κ1) is 12.9. The minimum atomic E-state index is -2.53. The van der Waals surface area contributed by atoms with Crippen molar-refractivity contribution < 1.29 is 8.78 Å². The van der Waals surface area contributed by atoms with E-state index in [0.717, 1.165) is 6.54 Å². The third-order valence-corrected chi connectivity index (χ3v) is 3.41. The molecule has 0 amide bonds. The fourth-order valence-electron chi connectivity index (χ4n) is 2.35. The normalized spacial score (nSPS) is 28.4. The van der Waals surface area contributed by atoms with Crippen molar-refractivity contribution >= 4 is 0 Å². The molecule has 1 unspecified atom stereocenters. The number of hydrogen-bond donors (Lipinski definition) is 0. The van der Waals surface area contributed by atoms with Crippen LogP contribution >= 0.6 is 0 Å². The average Bonchev–Trinajstić information content (AvgIpc) is 1.99. The molecule has 0 aliphatic carbocycles. The smallest absolute Gasteiger partial charge is 0.263 e. The number of likely N-dealkylation sites (tertiary alicyclic amines) is 1. The molecule has 0 saturated carbocycles. The standard InChI is InChI=1S/C12H23F2N/c1-9(2)10-6-7-15(11(3,4)5)8-12(10,13)14/h9-10H,6-8H2,1-5H3. The highest BCUT2D eigenvalue weighted by atomic mass is 19.3. The molecule has 90 valence electrons. The van der Waals surface area contributed by atoms with E-state index in [4.69, 9.17) is 0 Å². The van der Waals surface area contributed by atoms with Crippen molar-refractivity contribution in [3.8, 4) is 0 Å². The lowest BCUT2D eigenvalue weighted by Crippen LogP contribution is -2.56. The molecule has 15 heavy (non-hydrogen) atoms. The molecule has 1 nitrogen and oxygen atoms in total. The van der Waals surface area contributed by atoms with Gasteiger partial charge in [-0.05, 0) is 39.7 Å². The van der Waals surface area contributed by atoms with Gasteiger partial charge in [-0.15, -0.1) is 0 Å². The van der Waals surface area contributed by atoms with Gasteiger partial charge in [0.1, 0.15) is 0 Å². The molecule has 0 aromatic carbocycles. The predicted octanol–water partition coefficient (Wildman–Crippen LogP) is 3.40. The number of alkyl halides is 2. The van der Waals surface area contributed by atoms with Gasteiger partial charge >= 0.3 is 0 Å². The fourth-order valence-corrected chi connectivity index (χ4v) is 2.35. The third kappa shape index (κ3) is 2.90. The van der Waals surface area contributed by atoms with Crippen molar-refractivity contribution in [3.05, 3.63) is 0 Å². The summed E-state index contributed by atoms with van der Waals surface area (Å²) in [4.78, 5) is 1.89. The van der Waals surface area contributed by atoms with Crippen LogP contribution < -0.4 is 0 Å². The highest BCUT2D eigenvalue weighted by molar-refractivity contribution is 4.92. The van der Waals surface area contributed by atoms with Gasteiger partial charge in [0.25, 0.3) is 5.92 Å². The van der Waals surface area contributed by atoms with Crippen LogP contribution in [0, 0.1) is 11.8 Å². The number of rotatable bonds is 1. The van der Waals surface area contributed by atoms with Crippen LogP contribution in [0.1, 0.15) is 41.0 Å². The number of nitrogens with zero attached hydrogens (tertiary/aromatic N) is 1. The molecule has 0 radical (unpaired) electrons. The Labute approximate surface area is 91.8 Å². The van der Waals surface area contributed by atoms with Crippen molar-refractivity contribution in [1.29, 1.82) is 0 Å². The van der Waals surface area contributed by atoms with Crippen LogP contribution in [-0.4, -0.2) is 29.5 Å². The first-order valence-corrected chi connectivity index (χ1v) is 5.77. The van der Waals surface area contributed by atoms with Gasteiger partial charge in [0.2, 0.25) is 0 Å². The summed E-state index contributed by atoms with van der Waals surface area (Å²) in [6, 6.07) is 0. The zero-order valence-electron chi connectivity index (χ0n) is 10.5. The summed E-state index contributed by atoms with van der Waals surface area (Å²) >= 11 is 0. The molecule has 0 aromatic heterocycles. The van der Waals surface area contributed by atoms with Crippen LogP contribution in [0.4, 0.5) is 8.78 Å². The molecule has 1 saturated heterocycles. The summed E-state index contributed by atoms with van der Waals surface area (Å²) in [5.41, 5.74) is -0.147. The van der Waals surface area contributed by atoms with Crippen LogP contribution in [0.3, 0.4) is 0 Å². The summed E-state index contributed by atoms with van der Waals surface area (Å²) in [7, 11) is 0. The van der Waals surface area contributed by atoms with Crippen LogP contribution in [0.25, 0.3) is 0 Å². The minimum absolute atomic E-state index is 0.0714. The lowest BCUT2D eigenvalue weighted by atomic mass is 9.82. The second-order valence-corrected chi connectivity index (χ2v) is 5.99. The van der Waals surface area contributed by atoms with E-state index in [9.17, 15) is 8.78 Å². The molecule has 3 heteroatoms. The molecule has 1 aliphatic rings. The zero-order valence-corrected chi connectivity index (χ0v) is 10.5. The van der Waals surface area contributed by atoms with Crippen LogP contribution in [-0.2, 0) is 0 Å². The van der Waals surface area contributed by atoms with Crippen molar-refractivity contribution in [1.82, 2.24) is 4.90 Å². The van der Waals surface area contributed by atoms with Gasteiger partial charge in [0, 0.05) is 11.5 Å². The van der Waals surface area contributed by atoms with Gasteiger partial charge in [0.15, 0.2) is 0 Å². The van der Waals surface area contributed by atoms with Crippen molar-refractivity contribution in [3.63, 3.8) is 0 Å². The second kappa shape index (κ2) is 4.00. The van der Waals surface area contributed by atoms with E-state index < -0.39 is 11.8 Å². The maximum atomic E-state index is 13.9. The van der Waals surface area contributed by atoms with Crippen LogP contribution in [0.15, 0.2) is 0 Å². The quantitative estimate of drug-likeness (QED) is 0.653. The van der Waals surface area contributed by atoms with Gasteiger partial charge in [-0.2, -0.15) is 0 Å². The van der Waals surface area contributed by atoms with Crippen LogP contribution in [0.2, 0.25) is 0 Å². The largest absolute Gasteiger partial charge is 0.293 e. The zero-order chi connectivity index (χ0) is 11.9. The Morgan fingerprint density at radius 3 is 2.13 bits per heavy atom. The molecule has 0 aromatic rings. The van der Waals surface area contributed by atoms with Crippen molar-refractivity contribution in [2.24, 2.45) is 11.8 Å². The number of halogens is 2. The predicted molar refractivity (Wildman–Crippen MR) is 59.2 cm³/mol. The Morgan fingerprint density at radius 2 is 1.80 bits per heavy atom.